The number of nitrogens with zero attached hydrogens (tertiary/aromatic N) is 2. The first-order chi connectivity index (χ1) is 12.0. The number of fused-ring (bicyclic) bond motifs is 1. The number of allylic oxidation sites excluding steroid dienone is 1. The van der Waals surface area contributed by atoms with Crippen LogP contribution in [0.2, 0.25) is 0 Å². The van der Waals surface area contributed by atoms with Crippen LogP contribution in [0.25, 0.3) is 0 Å². The second-order valence-corrected chi connectivity index (χ2v) is 11.7. The van der Waals surface area contributed by atoms with Crippen LogP contribution in [0.4, 0.5) is 0 Å². The van der Waals surface area contributed by atoms with E-state index >= 15 is 0 Å². The lowest BCUT2D eigenvalue weighted by Gasteiger charge is -2.28. The van der Waals surface area contributed by atoms with Gasteiger partial charge in [0.05, 0.1) is 6.26 Å². The summed E-state index contributed by atoms with van der Waals surface area (Å²) < 4.78 is 24.8. The van der Waals surface area contributed by atoms with Crippen molar-refractivity contribution in [2.45, 2.75) is 47.0 Å². The molecule has 3 rings (SSSR count). The van der Waals surface area contributed by atoms with Crippen LogP contribution < -0.4 is 0 Å². The Hall–Kier alpha value is -0.650. The highest BCUT2D eigenvalue weighted by molar-refractivity contribution is 7.88. The van der Waals surface area contributed by atoms with Gasteiger partial charge in [0, 0.05) is 26.2 Å². The van der Waals surface area contributed by atoms with Crippen LogP contribution in [0.15, 0.2) is 23.3 Å². The molecule has 2 aliphatic heterocycles. The van der Waals surface area contributed by atoms with Crippen LogP contribution in [-0.2, 0) is 10.0 Å². The molecule has 3 atom stereocenters. The van der Waals surface area contributed by atoms with Crippen molar-refractivity contribution in [3.63, 3.8) is 0 Å². The van der Waals surface area contributed by atoms with Crippen molar-refractivity contribution in [1.82, 2.24) is 9.21 Å². The maximum atomic E-state index is 11.6. The van der Waals surface area contributed by atoms with E-state index in [4.69, 9.17) is 0 Å². The standard InChI is InChI=1S/C21H36N2O2S/c1-16(17-7-10-23(11-8-17)26(5,24)25)6-9-22-14-18-12-20(21(2,3)4)13-19(18)15-22/h7,12,16,18-19H,6,8-11,13-15H2,1-5H3. The highest BCUT2D eigenvalue weighted by Crippen LogP contribution is 2.43. The summed E-state index contributed by atoms with van der Waals surface area (Å²) in [7, 11) is -3.05. The van der Waals surface area contributed by atoms with Crippen LogP contribution in [0.3, 0.4) is 0 Å². The summed E-state index contributed by atoms with van der Waals surface area (Å²) >= 11 is 0. The molecule has 3 aliphatic rings. The van der Waals surface area contributed by atoms with E-state index in [1.54, 1.807) is 9.88 Å². The second-order valence-electron chi connectivity index (χ2n) is 9.67. The van der Waals surface area contributed by atoms with Crippen LogP contribution in [-0.4, -0.2) is 56.6 Å². The average molecular weight is 381 g/mol. The lowest BCUT2D eigenvalue weighted by molar-refractivity contribution is 0.296. The summed E-state index contributed by atoms with van der Waals surface area (Å²) in [6.07, 6.45) is 9.37. The molecule has 1 fully saturated rings. The number of sulfonamides is 1. The van der Waals surface area contributed by atoms with Crippen molar-refractivity contribution in [2.75, 3.05) is 39.0 Å². The van der Waals surface area contributed by atoms with E-state index in [1.165, 1.54) is 44.3 Å². The van der Waals surface area contributed by atoms with Crippen LogP contribution in [0.1, 0.15) is 47.0 Å². The zero-order valence-corrected chi connectivity index (χ0v) is 18.0. The molecule has 1 aliphatic carbocycles. The van der Waals surface area contributed by atoms with Crippen LogP contribution in [0, 0.1) is 23.2 Å². The van der Waals surface area contributed by atoms with Gasteiger partial charge < -0.3 is 4.90 Å². The fourth-order valence-electron chi connectivity index (χ4n) is 4.72. The predicted octanol–water partition coefficient (Wildman–Crippen LogP) is 3.53. The summed E-state index contributed by atoms with van der Waals surface area (Å²) in [4.78, 5) is 2.65. The Labute approximate surface area is 160 Å². The quantitative estimate of drug-likeness (QED) is 0.685. The Morgan fingerprint density at radius 3 is 2.54 bits per heavy atom. The van der Waals surface area contributed by atoms with Gasteiger partial charge in [-0.15, -0.1) is 0 Å². The molecule has 0 radical (unpaired) electrons. The number of rotatable bonds is 5. The van der Waals surface area contributed by atoms with Gasteiger partial charge in [0.1, 0.15) is 0 Å². The van der Waals surface area contributed by atoms with Crippen molar-refractivity contribution in [2.24, 2.45) is 23.2 Å². The second kappa shape index (κ2) is 7.40. The van der Waals surface area contributed by atoms with Crippen molar-refractivity contribution in [3.05, 3.63) is 23.3 Å². The molecular weight excluding hydrogens is 344 g/mol. The molecule has 2 heterocycles. The van der Waals surface area contributed by atoms with Gasteiger partial charge in [-0.2, -0.15) is 4.31 Å². The molecule has 0 aromatic heterocycles. The molecule has 3 unspecified atom stereocenters. The van der Waals surface area contributed by atoms with Gasteiger partial charge >= 0.3 is 0 Å². The van der Waals surface area contributed by atoms with Gasteiger partial charge in [-0.3, -0.25) is 0 Å². The van der Waals surface area contributed by atoms with Gasteiger partial charge in [-0.25, -0.2) is 8.42 Å². The number of hydrogen-bond donors (Lipinski definition) is 0. The van der Waals surface area contributed by atoms with Crippen molar-refractivity contribution in [3.8, 4) is 0 Å². The Kier molecular flexibility index (Phi) is 5.72. The highest BCUT2D eigenvalue weighted by atomic mass is 32.2. The Balaban J connectivity index is 1.46. The van der Waals surface area contributed by atoms with Crippen LogP contribution >= 0.6 is 0 Å². The first kappa shape index (κ1) is 20.1. The molecule has 26 heavy (non-hydrogen) atoms. The third kappa shape index (κ3) is 4.60. The minimum absolute atomic E-state index is 0.330. The van der Waals surface area contributed by atoms with Gasteiger partial charge in [-0.05, 0) is 49.0 Å². The number of hydrogen-bond acceptors (Lipinski definition) is 3. The topological polar surface area (TPSA) is 40.6 Å². The predicted molar refractivity (Wildman–Crippen MR) is 108 cm³/mol. The average Bonchev–Trinajstić information content (AvgIpc) is 3.10. The molecule has 0 N–H and O–H groups in total. The van der Waals surface area contributed by atoms with Crippen molar-refractivity contribution >= 4 is 10.0 Å². The van der Waals surface area contributed by atoms with E-state index < -0.39 is 10.0 Å². The van der Waals surface area contributed by atoms with E-state index in [9.17, 15) is 8.42 Å². The molecule has 148 valence electrons. The van der Waals surface area contributed by atoms with Crippen molar-refractivity contribution in [1.29, 1.82) is 0 Å². The van der Waals surface area contributed by atoms with Gasteiger partial charge in [0.25, 0.3) is 0 Å². The largest absolute Gasteiger partial charge is 0.302 e. The maximum Gasteiger partial charge on any atom is 0.211 e. The van der Waals surface area contributed by atoms with Gasteiger partial charge in [0.2, 0.25) is 10.0 Å². The monoisotopic (exact) mass is 380 g/mol. The Bertz CT molecular complexity index is 687. The van der Waals surface area contributed by atoms with Gasteiger partial charge in [-0.1, -0.05) is 51.0 Å². The normalized spacial score (nSPS) is 29.4. The van der Waals surface area contributed by atoms with Gasteiger partial charge in [0.15, 0.2) is 0 Å². The molecule has 0 spiro atoms. The fraction of sp³-hybridized carbons (Fsp3) is 0.810. The van der Waals surface area contributed by atoms with E-state index in [0.717, 1.165) is 18.3 Å². The minimum Gasteiger partial charge on any atom is -0.302 e. The lowest BCUT2D eigenvalue weighted by atomic mass is 9.85. The van der Waals surface area contributed by atoms with E-state index in [-0.39, 0.29) is 0 Å². The molecule has 0 saturated carbocycles. The zero-order chi connectivity index (χ0) is 19.1. The lowest BCUT2D eigenvalue weighted by Crippen LogP contribution is -2.35. The molecule has 0 amide bonds. The fourth-order valence-corrected chi connectivity index (χ4v) is 5.49. The van der Waals surface area contributed by atoms with E-state index in [0.29, 0.717) is 24.4 Å². The molecule has 1 saturated heterocycles. The summed E-state index contributed by atoms with van der Waals surface area (Å²) in [6.45, 7) is 14.1. The minimum atomic E-state index is -3.05. The third-order valence-electron chi connectivity index (χ3n) is 6.62. The third-order valence-corrected chi connectivity index (χ3v) is 7.88. The smallest absolute Gasteiger partial charge is 0.211 e. The summed E-state index contributed by atoms with van der Waals surface area (Å²) in [6, 6.07) is 0. The Morgan fingerprint density at radius 1 is 1.27 bits per heavy atom. The first-order valence-corrected chi connectivity index (χ1v) is 12.0. The van der Waals surface area contributed by atoms with E-state index in [1.807, 2.05) is 0 Å². The molecule has 5 heteroatoms. The summed E-state index contributed by atoms with van der Waals surface area (Å²) in [5.74, 6) is 2.14. The SMILES string of the molecule is CC(CCN1CC2C=C(C(C)(C)C)CC2C1)C1=CCN(S(C)(=O)=O)CC1. The highest BCUT2D eigenvalue weighted by Gasteiger charge is 2.38. The Morgan fingerprint density at radius 2 is 2.00 bits per heavy atom. The molecule has 4 nitrogen and oxygen atoms in total. The van der Waals surface area contributed by atoms with Crippen molar-refractivity contribution < 1.29 is 8.42 Å². The molecule has 0 aromatic rings. The van der Waals surface area contributed by atoms with Crippen LogP contribution in [0.5, 0.6) is 0 Å². The maximum absolute atomic E-state index is 11.6. The summed E-state index contributed by atoms with van der Waals surface area (Å²) in [5, 5.41) is 0. The molecule has 0 aromatic carbocycles. The summed E-state index contributed by atoms with van der Waals surface area (Å²) in [5.41, 5.74) is 3.43. The zero-order valence-electron chi connectivity index (χ0n) is 17.2. The number of likely N-dealkylation sites (tertiary alicyclic amines) is 1. The first-order valence-electron chi connectivity index (χ1n) is 10.1. The molecular formula is C21H36N2O2S. The van der Waals surface area contributed by atoms with E-state index in [2.05, 4.69) is 44.7 Å². The molecule has 0 bridgehead atoms.